The molecule has 2 rings (SSSR count). The number of unbranched alkanes of at least 4 members (excludes halogenated alkanes) is 2. The molecule has 1 fully saturated rings. The largest absolute Gasteiger partial charge is 0.458 e. The molecule has 174 valence electrons. The number of ether oxygens (including phenoxy) is 1. The summed E-state index contributed by atoms with van der Waals surface area (Å²) < 4.78 is 12.5. The maximum atomic E-state index is 12.9. The summed E-state index contributed by atoms with van der Waals surface area (Å²) in [5.41, 5.74) is 0. The Bertz CT molecular complexity index is 707. The Hall–Kier alpha value is -1.38. The number of cyclic esters (lactones) is 1. The number of ketones is 1. The molecule has 31 heavy (non-hydrogen) atoms. The summed E-state index contributed by atoms with van der Waals surface area (Å²) in [6.45, 7) is 13.3. The number of carbonyl (C=O) groups is 2. The van der Waals surface area contributed by atoms with E-state index in [1.54, 1.807) is 0 Å². The normalized spacial score (nSPS) is 29.0. The third kappa shape index (κ3) is 7.61. The minimum Gasteiger partial charge on any atom is -0.458 e. The molecule has 4 nitrogen and oxygen atoms in total. The Morgan fingerprint density at radius 2 is 1.90 bits per heavy atom. The van der Waals surface area contributed by atoms with Crippen LogP contribution in [0.2, 0.25) is 18.1 Å². The molecule has 0 aromatic carbocycles. The molecule has 0 N–H and O–H groups in total. The topological polar surface area (TPSA) is 52.6 Å². The van der Waals surface area contributed by atoms with E-state index in [0.717, 1.165) is 25.7 Å². The van der Waals surface area contributed by atoms with Gasteiger partial charge in [0.05, 0.1) is 6.10 Å². The zero-order valence-corrected chi connectivity index (χ0v) is 21.5. The summed E-state index contributed by atoms with van der Waals surface area (Å²) >= 11 is 0. The van der Waals surface area contributed by atoms with Crippen molar-refractivity contribution < 1.29 is 18.8 Å². The van der Waals surface area contributed by atoms with Crippen LogP contribution in [0.1, 0.15) is 85.5 Å². The lowest BCUT2D eigenvalue weighted by Crippen LogP contribution is -2.45. The van der Waals surface area contributed by atoms with Gasteiger partial charge < -0.3 is 9.16 Å². The van der Waals surface area contributed by atoms with Crippen molar-refractivity contribution in [3.05, 3.63) is 12.2 Å². The summed E-state index contributed by atoms with van der Waals surface area (Å²) in [4.78, 5) is 25.2. The van der Waals surface area contributed by atoms with Crippen molar-refractivity contribution in [1.29, 1.82) is 0 Å². The maximum absolute atomic E-state index is 12.9. The minimum atomic E-state index is -2.01. The van der Waals surface area contributed by atoms with Crippen molar-refractivity contribution in [3.63, 3.8) is 0 Å². The first-order chi connectivity index (χ1) is 14.5. The van der Waals surface area contributed by atoms with Gasteiger partial charge in [-0.25, -0.2) is 0 Å². The molecule has 1 aliphatic heterocycles. The predicted molar refractivity (Wildman–Crippen MR) is 128 cm³/mol. The number of fused-ring (bicyclic) bond motifs is 1. The third-order valence-electron chi connectivity index (χ3n) is 7.01. The number of Topliss-reactive ketones (excluding diaryl/α,β-unsaturated/α-hetero) is 1. The van der Waals surface area contributed by atoms with E-state index in [1.807, 2.05) is 6.08 Å². The van der Waals surface area contributed by atoms with Gasteiger partial charge in [0.2, 0.25) is 0 Å². The summed E-state index contributed by atoms with van der Waals surface area (Å²) in [5.74, 6) is 6.31. The molecule has 1 heterocycles. The third-order valence-corrected chi connectivity index (χ3v) is 11.5. The predicted octanol–water partition coefficient (Wildman–Crippen LogP) is 6.21. The Morgan fingerprint density at radius 3 is 2.58 bits per heavy atom. The highest BCUT2D eigenvalue weighted by Crippen LogP contribution is 2.42. The standard InChI is InChI=1S/C26H42O4Si/c1-7-8-11-14-20-17-18-22-21(15-12-9-10-13-16-25(28)29-20)23(27)19-24(22)30-31(5,6)26(2,3)4/h17-18,20-22,24H,7-8,10-11,13-16,19H2,1-6H3/b18-17+/t20-,21+,22+,24+/m0/s1. The zero-order chi connectivity index (χ0) is 23.1. The second-order valence-corrected chi connectivity index (χ2v) is 15.3. The van der Waals surface area contributed by atoms with Crippen LogP contribution in [0.3, 0.4) is 0 Å². The van der Waals surface area contributed by atoms with Crippen LogP contribution in [0, 0.1) is 23.7 Å². The molecule has 1 saturated carbocycles. The summed E-state index contributed by atoms with van der Waals surface area (Å²) in [6.07, 6.45) is 10.7. The van der Waals surface area contributed by atoms with Gasteiger partial charge in [-0.05, 0) is 43.5 Å². The van der Waals surface area contributed by atoms with Crippen LogP contribution in [-0.2, 0) is 18.8 Å². The Balaban J connectivity index is 2.29. The zero-order valence-electron chi connectivity index (χ0n) is 20.5. The van der Waals surface area contributed by atoms with E-state index in [2.05, 4.69) is 58.7 Å². The lowest BCUT2D eigenvalue weighted by Gasteiger charge is -2.39. The second-order valence-electron chi connectivity index (χ2n) is 10.6. The summed E-state index contributed by atoms with van der Waals surface area (Å²) in [5, 5.41) is 0.0825. The first-order valence-electron chi connectivity index (χ1n) is 12.1. The Labute approximate surface area is 190 Å². The molecule has 0 bridgehead atoms. The fourth-order valence-corrected chi connectivity index (χ4v) is 5.36. The van der Waals surface area contributed by atoms with E-state index >= 15 is 0 Å². The summed E-state index contributed by atoms with van der Waals surface area (Å²) in [6, 6.07) is 0. The molecule has 2 aliphatic rings. The first-order valence-corrected chi connectivity index (χ1v) is 15.0. The molecule has 0 unspecified atom stereocenters. The van der Waals surface area contributed by atoms with Gasteiger partial charge in [0.15, 0.2) is 8.32 Å². The summed E-state index contributed by atoms with van der Waals surface area (Å²) in [7, 11) is -2.01. The molecule has 0 amide bonds. The monoisotopic (exact) mass is 446 g/mol. The van der Waals surface area contributed by atoms with E-state index in [9.17, 15) is 9.59 Å². The van der Waals surface area contributed by atoms with Crippen molar-refractivity contribution in [2.45, 2.75) is 116 Å². The van der Waals surface area contributed by atoms with Crippen molar-refractivity contribution in [1.82, 2.24) is 0 Å². The van der Waals surface area contributed by atoms with Crippen molar-refractivity contribution in [2.75, 3.05) is 0 Å². The van der Waals surface area contributed by atoms with Crippen LogP contribution in [0.25, 0.3) is 0 Å². The number of hydrogen-bond donors (Lipinski definition) is 0. The molecule has 0 saturated heterocycles. The number of hydrogen-bond acceptors (Lipinski definition) is 4. The van der Waals surface area contributed by atoms with E-state index in [4.69, 9.17) is 9.16 Å². The molecule has 0 radical (unpaired) electrons. The lowest BCUT2D eigenvalue weighted by atomic mass is 9.90. The van der Waals surface area contributed by atoms with E-state index in [0.29, 0.717) is 32.1 Å². The number of esters is 1. The van der Waals surface area contributed by atoms with Crippen LogP contribution >= 0.6 is 0 Å². The minimum absolute atomic E-state index is 0.0101. The maximum Gasteiger partial charge on any atom is 0.306 e. The molecular weight excluding hydrogens is 404 g/mol. The fourth-order valence-electron chi connectivity index (χ4n) is 4.00. The Kier molecular flexibility index (Phi) is 9.58. The van der Waals surface area contributed by atoms with Crippen LogP contribution in [0.4, 0.5) is 0 Å². The van der Waals surface area contributed by atoms with Crippen molar-refractivity contribution in [2.24, 2.45) is 11.8 Å². The molecule has 4 atom stereocenters. The van der Waals surface area contributed by atoms with Crippen LogP contribution < -0.4 is 0 Å². The van der Waals surface area contributed by atoms with Gasteiger partial charge in [0, 0.05) is 37.5 Å². The van der Waals surface area contributed by atoms with Gasteiger partial charge in [-0.3, -0.25) is 9.59 Å². The SMILES string of the molecule is CCCCC[C@H]1/C=C/[C@H]2[C@H](O[Si](C)(C)C(C)(C)C)CC(=O)[C@@H]2CC#CCCCC(=O)O1. The van der Waals surface area contributed by atoms with Crippen molar-refractivity contribution in [3.8, 4) is 11.8 Å². The van der Waals surface area contributed by atoms with Crippen LogP contribution in [0.15, 0.2) is 12.2 Å². The highest BCUT2D eigenvalue weighted by atomic mass is 28.4. The number of rotatable bonds is 6. The van der Waals surface area contributed by atoms with Gasteiger partial charge in [-0.2, -0.15) is 0 Å². The smallest absolute Gasteiger partial charge is 0.306 e. The van der Waals surface area contributed by atoms with Gasteiger partial charge in [-0.15, -0.1) is 11.8 Å². The lowest BCUT2D eigenvalue weighted by molar-refractivity contribution is -0.147. The van der Waals surface area contributed by atoms with E-state index in [1.165, 1.54) is 0 Å². The van der Waals surface area contributed by atoms with Gasteiger partial charge in [0.25, 0.3) is 0 Å². The molecule has 5 heteroatoms. The highest BCUT2D eigenvalue weighted by molar-refractivity contribution is 6.74. The quantitative estimate of drug-likeness (QED) is 0.160. The fraction of sp³-hybridized carbons (Fsp3) is 0.769. The van der Waals surface area contributed by atoms with E-state index in [-0.39, 0.29) is 40.8 Å². The molecule has 0 aromatic rings. The molecule has 1 aliphatic carbocycles. The average Bonchev–Trinajstić information content (AvgIpc) is 2.95. The first kappa shape index (κ1) is 25.9. The second kappa shape index (κ2) is 11.5. The van der Waals surface area contributed by atoms with Crippen molar-refractivity contribution >= 4 is 20.1 Å². The van der Waals surface area contributed by atoms with Gasteiger partial charge >= 0.3 is 5.97 Å². The van der Waals surface area contributed by atoms with Crippen LogP contribution in [0.5, 0.6) is 0 Å². The molecular formula is C26H42O4Si. The Morgan fingerprint density at radius 1 is 1.16 bits per heavy atom. The highest BCUT2D eigenvalue weighted by Gasteiger charge is 2.46. The number of carbonyl (C=O) groups excluding carboxylic acids is 2. The van der Waals surface area contributed by atoms with Gasteiger partial charge in [-0.1, -0.05) is 46.6 Å². The molecule has 0 spiro atoms. The van der Waals surface area contributed by atoms with Gasteiger partial charge in [0.1, 0.15) is 11.9 Å². The average molecular weight is 447 g/mol. The van der Waals surface area contributed by atoms with Crippen LogP contribution in [-0.4, -0.2) is 32.3 Å². The molecule has 0 aromatic heterocycles. The van der Waals surface area contributed by atoms with E-state index < -0.39 is 8.32 Å².